The van der Waals surface area contributed by atoms with E-state index < -0.39 is 10.0 Å². The van der Waals surface area contributed by atoms with Crippen molar-refractivity contribution in [3.05, 3.63) is 30.1 Å². The molecule has 0 unspecified atom stereocenters. The van der Waals surface area contributed by atoms with Crippen molar-refractivity contribution in [2.24, 2.45) is 0 Å². The molecule has 1 aromatic heterocycles. The number of pyridine rings is 1. The van der Waals surface area contributed by atoms with Gasteiger partial charge in [-0.25, -0.2) is 12.7 Å². The first kappa shape index (κ1) is 15.4. The molecule has 2 heterocycles. The zero-order valence-electron chi connectivity index (χ0n) is 12.0. The van der Waals surface area contributed by atoms with E-state index >= 15 is 0 Å². The van der Waals surface area contributed by atoms with Gasteiger partial charge in [0, 0.05) is 32.0 Å². The van der Waals surface area contributed by atoms with E-state index in [0.717, 1.165) is 38.9 Å². The molecule has 5 nitrogen and oxygen atoms in total. The topological polar surface area (TPSA) is 53.5 Å². The predicted octanol–water partition coefficient (Wildman–Crippen LogP) is 0.981. The van der Waals surface area contributed by atoms with E-state index in [1.165, 1.54) is 11.8 Å². The second kappa shape index (κ2) is 7.15. The molecule has 0 aromatic carbocycles. The minimum absolute atomic E-state index is 0.617. The zero-order valence-corrected chi connectivity index (χ0v) is 12.8. The molecule has 0 atom stereocenters. The normalized spacial score (nSPS) is 18.9. The van der Waals surface area contributed by atoms with Crippen LogP contribution in [0.15, 0.2) is 24.5 Å². The third-order valence-corrected chi connectivity index (χ3v) is 4.98. The maximum absolute atomic E-state index is 11.5. The van der Waals surface area contributed by atoms with Crippen LogP contribution in [0.2, 0.25) is 0 Å². The first-order chi connectivity index (χ1) is 9.55. The molecule has 112 valence electrons. The van der Waals surface area contributed by atoms with Gasteiger partial charge in [-0.05, 0) is 44.0 Å². The van der Waals surface area contributed by atoms with E-state index in [1.54, 1.807) is 10.5 Å². The van der Waals surface area contributed by atoms with Crippen LogP contribution >= 0.6 is 0 Å². The van der Waals surface area contributed by atoms with Gasteiger partial charge in [0.25, 0.3) is 0 Å². The number of aryl methyl sites for hydroxylation is 1. The van der Waals surface area contributed by atoms with Crippen LogP contribution in [0.1, 0.15) is 18.4 Å². The fourth-order valence-electron chi connectivity index (χ4n) is 2.56. The predicted molar refractivity (Wildman–Crippen MR) is 80.0 cm³/mol. The molecule has 1 aliphatic rings. The summed E-state index contributed by atoms with van der Waals surface area (Å²) in [5.41, 5.74) is 1.26. The number of rotatable bonds is 5. The van der Waals surface area contributed by atoms with E-state index in [9.17, 15) is 8.42 Å². The first-order valence-corrected chi connectivity index (χ1v) is 8.97. The van der Waals surface area contributed by atoms with Crippen molar-refractivity contribution in [3.8, 4) is 0 Å². The van der Waals surface area contributed by atoms with Gasteiger partial charge >= 0.3 is 0 Å². The summed E-state index contributed by atoms with van der Waals surface area (Å²) in [7, 11) is -3.04. The van der Waals surface area contributed by atoms with Crippen molar-refractivity contribution < 1.29 is 8.42 Å². The van der Waals surface area contributed by atoms with Crippen LogP contribution in [0.4, 0.5) is 0 Å². The summed E-state index contributed by atoms with van der Waals surface area (Å²) in [6.45, 7) is 4.11. The lowest BCUT2D eigenvalue weighted by Crippen LogP contribution is -2.34. The van der Waals surface area contributed by atoms with Gasteiger partial charge < -0.3 is 4.90 Å². The highest BCUT2D eigenvalue weighted by molar-refractivity contribution is 7.88. The minimum atomic E-state index is -3.04. The lowest BCUT2D eigenvalue weighted by molar-refractivity contribution is 0.283. The summed E-state index contributed by atoms with van der Waals surface area (Å²) in [5, 5.41) is 0. The molecule has 0 N–H and O–H groups in total. The molecule has 0 radical (unpaired) electrons. The van der Waals surface area contributed by atoms with Gasteiger partial charge in [0.15, 0.2) is 0 Å². The Kier molecular flexibility index (Phi) is 5.51. The molecule has 0 bridgehead atoms. The average Bonchev–Trinajstić information content (AvgIpc) is 2.65. The van der Waals surface area contributed by atoms with E-state index in [2.05, 4.69) is 16.0 Å². The molecule has 0 amide bonds. The van der Waals surface area contributed by atoms with Gasteiger partial charge in [0.2, 0.25) is 10.0 Å². The Hall–Kier alpha value is -0.980. The van der Waals surface area contributed by atoms with Gasteiger partial charge in [0.1, 0.15) is 0 Å². The maximum Gasteiger partial charge on any atom is 0.211 e. The molecular weight excluding hydrogens is 274 g/mol. The SMILES string of the molecule is CS(=O)(=O)N1CCCN(CCCc2cccnc2)CC1. The Morgan fingerprint density at radius 3 is 2.80 bits per heavy atom. The highest BCUT2D eigenvalue weighted by Crippen LogP contribution is 2.08. The number of sulfonamides is 1. The quantitative estimate of drug-likeness (QED) is 0.813. The van der Waals surface area contributed by atoms with Crippen molar-refractivity contribution >= 4 is 10.0 Å². The molecule has 1 saturated heterocycles. The summed E-state index contributed by atoms with van der Waals surface area (Å²) in [4.78, 5) is 6.48. The molecule has 1 aromatic rings. The Bertz CT molecular complexity index is 504. The molecule has 1 aliphatic heterocycles. The first-order valence-electron chi connectivity index (χ1n) is 7.12. The van der Waals surface area contributed by atoms with Crippen molar-refractivity contribution in [2.45, 2.75) is 19.3 Å². The molecule has 1 fully saturated rings. The van der Waals surface area contributed by atoms with Crippen molar-refractivity contribution in [1.29, 1.82) is 0 Å². The van der Waals surface area contributed by atoms with Crippen molar-refractivity contribution in [3.63, 3.8) is 0 Å². The molecule has 20 heavy (non-hydrogen) atoms. The fraction of sp³-hybridized carbons (Fsp3) is 0.643. The third-order valence-electron chi connectivity index (χ3n) is 3.68. The smallest absolute Gasteiger partial charge is 0.211 e. The van der Waals surface area contributed by atoms with Gasteiger partial charge in [-0.3, -0.25) is 4.98 Å². The van der Waals surface area contributed by atoms with Crippen molar-refractivity contribution in [1.82, 2.24) is 14.2 Å². The molecular formula is C14H23N3O2S. The molecule has 2 rings (SSSR count). The van der Waals surface area contributed by atoms with E-state index in [0.29, 0.717) is 13.1 Å². The number of nitrogens with zero attached hydrogens (tertiary/aromatic N) is 3. The van der Waals surface area contributed by atoms with Gasteiger partial charge in [0.05, 0.1) is 6.26 Å². The number of hydrogen-bond acceptors (Lipinski definition) is 4. The Morgan fingerprint density at radius 1 is 1.25 bits per heavy atom. The van der Waals surface area contributed by atoms with Gasteiger partial charge in [-0.2, -0.15) is 0 Å². The van der Waals surface area contributed by atoms with Crippen LogP contribution in [0.3, 0.4) is 0 Å². The van der Waals surface area contributed by atoms with E-state index in [-0.39, 0.29) is 0 Å². The monoisotopic (exact) mass is 297 g/mol. The van der Waals surface area contributed by atoms with E-state index in [1.807, 2.05) is 12.3 Å². The van der Waals surface area contributed by atoms with E-state index in [4.69, 9.17) is 0 Å². The van der Waals surface area contributed by atoms with Crippen LogP contribution in [0.25, 0.3) is 0 Å². The lowest BCUT2D eigenvalue weighted by atomic mass is 10.1. The Morgan fingerprint density at radius 2 is 2.10 bits per heavy atom. The van der Waals surface area contributed by atoms with Crippen LogP contribution in [-0.2, 0) is 16.4 Å². The Balaban J connectivity index is 1.75. The summed E-state index contributed by atoms with van der Waals surface area (Å²) in [6, 6.07) is 4.06. The molecule has 0 aliphatic carbocycles. The van der Waals surface area contributed by atoms with Crippen LogP contribution in [0, 0.1) is 0 Å². The minimum Gasteiger partial charge on any atom is -0.302 e. The second-order valence-electron chi connectivity index (χ2n) is 5.32. The third kappa shape index (κ3) is 4.85. The summed E-state index contributed by atoms with van der Waals surface area (Å²) < 4.78 is 24.7. The highest BCUT2D eigenvalue weighted by Gasteiger charge is 2.20. The zero-order chi connectivity index (χ0) is 14.4. The number of aromatic nitrogens is 1. The van der Waals surface area contributed by atoms with Crippen LogP contribution < -0.4 is 0 Å². The number of hydrogen-bond donors (Lipinski definition) is 0. The largest absolute Gasteiger partial charge is 0.302 e. The molecule has 0 spiro atoms. The van der Waals surface area contributed by atoms with Gasteiger partial charge in [-0.15, -0.1) is 0 Å². The van der Waals surface area contributed by atoms with Crippen LogP contribution in [-0.4, -0.2) is 61.6 Å². The average molecular weight is 297 g/mol. The highest BCUT2D eigenvalue weighted by atomic mass is 32.2. The maximum atomic E-state index is 11.5. The van der Waals surface area contributed by atoms with Crippen molar-refractivity contribution in [2.75, 3.05) is 39.0 Å². The lowest BCUT2D eigenvalue weighted by Gasteiger charge is -2.20. The van der Waals surface area contributed by atoms with Crippen LogP contribution in [0.5, 0.6) is 0 Å². The van der Waals surface area contributed by atoms with Gasteiger partial charge in [-0.1, -0.05) is 6.07 Å². The fourth-order valence-corrected chi connectivity index (χ4v) is 3.43. The Labute approximate surface area is 121 Å². The summed E-state index contributed by atoms with van der Waals surface area (Å²) >= 11 is 0. The second-order valence-corrected chi connectivity index (χ2v) is 7.30. The summed E-state index contributed by atoms with van der Waals surface area (Å²) in [6.07, 6.45) is 8.03. The molecule has 0 saturated carbocycles. The molecule has 6 heteroatoms. The standard InChI is InChI=1S/C14H23N3O2S/c1-20(18,19)17-10-4-9-16(11-12-17)8-3-6-14-5-2-7-15-13-14/h2,5,7,13H,3-4,6,8-12H2,1H3. The summed E-state index contributed by atoms with van der Waals surface area (Å²) in [5.74, 6) is 0.